The van der Waals surface area contributed by atoms with Crippen molar-refractivity contribution >= 4 is 21.6 Å². The monoisotopic (exact) mass is 351 g/mol. The summed E-state index contributed by atoms with van der Waals surface area (Å²) in [7, 11) is 0. The lowest BCUT2D eigenvalue weighted by Crippen LogP contribution is -2.03. The minimum absolute atomic E-state index is 0.0195. The molecule has 0 amide bonds. The summed E-state index contributed by atoms with van der Waals surface area (Å²) in [5, 5.41) is 20.7. The van der Waals surface area contributed by atoms with Crippen LogP contribution < -0.4 is 4.74 Å². The zero-order valence-corrected chi connectivity index (χ0v) is 12.9. The lowest BCUT2D eigenvalue weighted by molar-refractivity contribution is -0.385. The molecule has 0 aliphatic carbocycles. The van der Waals surface area contributed by atoms with E-state index in [1.165, 1.54) is 6.07 Å². The van der Waals surface area contributed by atoms with Crippen LogP contribution in [0.2, 0.25) is 0 Å². The van der Waals surface area contributed by atoms with Crippen LogP contribution in [-0.2, 0) is 6.61 Å². The molecule has 0 heterocycles. The van der Waals surface area contributed by atoms with E-state index >= 15 is 0 Å². The van der Waals surface area contributed by atoms with Gasteiger partial charge >= 0.3 is 0 Å². The highest BCUT2D eigenvalue weighted by Gasteiger charge is 2.15. The Labute approximate surface area is 130 Å². The maximum absolute atomic E-state index is 11.0. The number of halogens is 1. The van der Waals surface area contributed by atoms with Crippen molar-refractivity contribution in [2.45, 2.75) is 19.6 Å². The molecular formula is C15H14BrNO4. The van der Waals surface area contributed by atoms with Gasteiger partial charge in [-0.05, 0) is 25.1 Å². The Bertz CT molecular complexity index is 658. The first-order chi connectivity index (χ1) is 9.99. The van der Waals surface area contributed by atoms with Gasteiger partial charge in [0.25, 0.3) is 5.69 Å². The summed E-state index contributed by atoms with van der Waals surface area (Å²) >= 11 is 3.34. The molecule has 1 atom stereocenters. The molecule has 0 bridgehead atoms. The molecule has 21 heavy (non-hydrogen) atoms. The number of aliphatic hydroxyl groups is 1. The molecule has 1 unspecified atom stereocenters. The third-order valence-electron chi connectivity index (χ3n) is 3.00. The van der Waals surface area contributed by atoms with Crippen LogP contribution in [0, 0.1) is 10.1 Å². The predicted molar refractivity (Wildman–Crippen MR) is 82.2 cm³/mol. The van der Waals surface area contributed by atoms with Crippen molar-refractivity contribution < 1.29 is 14.8 Å². The van der Waals surface area contributed by atoms with Gasteiger partial charge in [0.2, 0.25) is 0 Å². The first kappa shape index (κ1) is 15.5. The van der Waals surface area contributed by atoms with Crippen LogP contribution in [0.1, 0.15) is 24.2 Å². The van der Waals surface area contributed by atoms with Gasteiger partial charge < -0.3 is 9.84 Å². The highest BCUT2D eigenvalue weighted by Crippen LogP contribution is 2.30. The number of nitro groups is 1. The number of rotatable bonds is 5. The zero-order chi connectivity index (χ0) is 15.4. The predicted octanol–water partition coefficient (Wildman–Crippen LogP) is 3.99. The van der Waals surface area contributed by atoms with Crippen molar-refractivity contribution in [3.63, 3.8) is 0 Å². The first-order valence-electron chi connectivity index (χ1n) is 6.31. The number of benzene rings is 2. The highest BCUT2D eigenvalue weighted by molar-refractivity contribution is 9.10. The molecule has 0 aliphatic rings. The molecule has 2 aromatic carbocycles. The molecule has 0 saturated heterocycles. The summed E-state index contributed by atoms with van der Waals surface area (Å²) in [4.78, 5) is 10.5. The van der Waals surface area contributed by atoms with Gasteiger partial charge in [-0.3, -0.25) is 10.1 Å². The summed E-state index contributed by atoms with van der Waals surface area (Å²) < 4.78 is 6.47. The van der Waals surface area contributed by atoms with Crippen molar-refractivity contribution in [3.8, 4) is 5.75 Å². The smallest absolute Gasteiger partial charge is 0.276 e. The minimum Gasteiger partial charge on any atom is -0.488 e. The Balaban J connectivity index is 2.24. The molecule has 0 spiro atoms. The second-order valence-electron chi connectivity index (χ2n) is 4.53. The number of nitrogens with zero attached hydrogens (tertiary/aromatic N) is 1. The van der Waals surface area contributed by atoms with Gasteiger partial charge in [-0.1, -0.05) is 34.1 Å². The molecule has 1 N–H and O–H groups in total. The number of aliphatic hydroxyl groups excluding tert-OH is 1. The van der Waals surface area contributed by atoms with Gasteiger partial charge in [-0.15, -0.1) is 0 Å². The highest BCUT2D eigenvalue weighted by atomic mass is 79.9. The van der Waals surface area contributed by atoms with Gasteiger partial charge in [-0.2, -0.15) is 0 Å². The number of hydrogen-bond acceptors (Lipinski definition) is 4. The molecule has 110 valence electrons. The van der Waals surface area contributed by atoms with Crippen molar-refractivity contribution in [1.82, 2.24) is 0 Å². The normalized spacial score (nSPS) is 12.0. The Kier molecular flexibility index (Phi) is 4.93. The van der Waals surface area contributed by atoms with Gasteiger partial charge in [0, 0.05) is 16.1 Å². The number of hydrogen-bond donors (Lipinski definition) is 1. The van der Waals surface area contributed by atoms with E-state index < -0.39 is 11.0 Å². The topological polar surface area (TPSA) is 72.6 Å². The lowest BCUT2D eigenvalue weighted by atomic mass is 10.1. The molecule has 2 rings (SSSR count). The maximum Gasteiger partial charge on any atom is 0.276 e. The molecule has 2 aromatic rings. The van der Waals surface area contributed by atoms with Crippen molar-refractivity contribution in [1.29, 1.82) is 0 Å². The van der Waals surface area contributed by atoms with Crippen LogP contribution in [0.4, 0.5) is 5.69 Å². The summed E-state index contributed by atoms with van der Waals surface area (Å²) in [6, 6.07) is 11.7. The van der Waals surface area contributed by atoms with Crippen LogP contribution in [0.25, 0.3) is 0 Å². The largest absolute Gasteiger partial charge is 0.488 e. The average molecular weight is 352 g/mol. The third kappa shape index (κ3) is 3.80. The van der Waals surface area contributed by atoms with Crippen molar-refractivity contribution in [3.05, 3.63) is 68.2 Å². The van der Waals surface area contributed by atoms with E-state index in [1.807, 2.05) is 0 Å². The minimum atomic E-state index is -0.682. The van der Waals surface area contributed by atoms with Gasteiger partial charge in [0.1, 0.15) is 12.4 Å². The fourth-order valence-corrected chi connectivity index (χ4v) is 2.28. The molecule has 6 heteroatoms. The van der Waals surface area contributed by atoms with Gasteiger partial charge in [0.05, 0.1) is 16.6 Å². The molecule has 0 aliphatic heterocycles. The third-order valence-corrected chi connectivity index (χ3v) is 3.49. The second kappa shape index (κ2) is 6.69. The van der Waals surface area contributed by atoms with Gasteiger partial charge in [0.15, 0.2) is 0 Å². The molecular weight excluding hydrogens is 338 g/mol. The molecule has 0 radical (unpaired) electrons. The van der Waals surface area contributed by atoms with E-state index in [9.17, 15) is 15.2 Å². The van der Waals surface area contributed by atoms with Crippen LogP contribution in [0.15, 0.2) is 46.9 Å². The van der Waals surface area contributed by atoms with Gasteiger partial charge in [-0.25, -0.2) is 0 Å². The van der Waals surface area contributed by atoms with Crippen LogP contribution >= 0.6 is 15.9 Å². The molecule has 0 aromatic heterocycles. The fraction of sp³-hybridized carbons (Fsp3) is 0.200. The van der Waals surface area contributed by atoms with E-state index in [1.54, 1.807) is 43.3 Å². The summed E-state index contributed by atoms with van der Waals surface area (Å²) in [6.07, 6.45) is -0.682. The summed E-state index contributed by atoms with van der Waals surface area (Å²) in [6.45, 7) is 1.70. The number of para-hydroxylation sites is 1. The summed E-state index contributed by atoms with van der Waals surface area (Å²) in [5.41, 5.74) is 1.14. The number of nitro benzene ring substituents is 1. The van der Waals surface area contributed by atoms with Crippen LogP contribution in [0.5, 0.6) is 5.75 Å². The Hall–Kier alpha value is -1.92. The van der Waals surface area contributed by atoms with E-state index in [-0.39, 0.29) is 12.3 Å². The molecule has 0 saturated carbocycles. The Morgan fingerprint density at radius 2 is 2.05 bits per heavy atom. The zero-order valence-electron chi connectivity index (χ0n) is 11.3. The van der Waals surface area contributed by atoms with Crippen molar-refractivity contribution in [2.24, 2.45) is 0 Å². The number of ether oxygens (including phenoxy) is 1. The fourth-order valence-electron chi connectivity index (χ4n) is 1.94. The van der Waals surface area contributed by atoms with E-state index in [4.69, 9.17) is 4.74 Å². The second-order valence-corrected chi connectivity index (χ2v) is 5.45. The summed E-state index contributed by atoms with van der Waals surface area (Å²) in [5.74, 6) is 0.498. The molecule has 5 nitrogen and oxygen atoms in total. The maximum atomic E-state index is 11.0. The Morgan fingerprint density at radius 1 is 1.33 bits per heavy atom. The van der Waals surface area contributed by atoms with E-state index in [2.05, 4.69) is 15.9 Å². The standard InChI is InChI=1S/C15H14BrNO4/c1-10(18)13-7-6-12(16)8-15(13)21-9-11-4-2-3-5-14(11)17(19)20/h2-8,10,18H,9H2,1H3. The molecule has 0 fully saturated rings. The van der Waals surface area contributed by atoms with Crippen LogP contribution in [0.3, 0.4) is 0 Å². The average Bonchev–Trinajstić information content (AvgIpc) is 2.45. The first-order valence-corrected chi connectivity index (χ1v) is 7.11. The van der Waals surface area contributed by atoms with E-state index in [0.29, 0.717) is 16.9 Å². The lowest BCUT2D eigenvalue weighted by Gasteiger charge is -2.14. The van der Waals surface area contributed by atoms with Crippen molar-refractivity contribution in [2.75, 3.05) is 0 Å². The van der Waals surface area contributed by atoms with Crippen LogP contribution in [-0.4, -0.2) is 10.0 Å². The van der Waals surface area contributed by atoms with E-state index in [0.717, 1.165) is 4.47 Å². The SMILES string of the molecule is CC(O)c1ccc(Br)cc1OCc1ccccc1[N+](=O)[O-]. The Morgan fingerprint density at radius 3 is 2.71 bits per heavy atom. The quantitative estimate of drug-likeness (QED) is 0.652.